The maximum atomic E-state index is 4.30. The molecule has 2 N–H and O–H groups in total. The second-order valence-corrected chi connectivity index (χ2v) is 4.84. The van der Waals surface area contributed by atoms with Crippen LogP contribution in [0.25, 0.3) is 0 Å². The molecule has 1 aliphatic rings. The van der Waals surface area contributed by atoms with Crippen molar-refractivity contribution < 1.29 is 0 Å². The highest BCUT2D eigenvalue weighted by Crippen LogP contribution is 2.08. The minimum atomic E-state index is 0. The third-order valence-corrected chi connectivity index (χ3v) is 3.25. The normalized spacial score (nSPS) is 15.0. The molecular weight excluding hydrogens is 363 g/mol. The lowest BCUT2D eigenvalue weighted by Gasteiger charge is -2.16. The smallest absolute Gasteiger partial charge is 0.191 e. The lowest BCUT2D eigenvalue weighted by molar-refractivity contribution is 0.633. The summed E-state index contributed by atoms with van der Waals surface area (Å²) in [6.07, 6.45) is 9.49. The maximum absolute atomic E-state index is 4.30. The van der Waals surface area contributed by atoms with E-state index < -0.39 is 0 Å². The first-order valence-electron chi connectivity index (χ1n) is 6.81. The number of aromatic nitrogens is 1. The molecule has 1 heterocycles. The molecule has 0 radical (unpaired) electrons. The molecule has 20 heavy (non-hydrogen) atoms. The second-order valence-electron chi connectivity index (χ2n) is 4.84. The third-order valence-electron chi connectivity index (χ3n) is 3.25. The van der Waals surface area contributed by atoms with Gasteiger partial charge in [0.2, 0.25) is 0 Å². The maximum Gasteiger partial charge on any atom is 0.191 e. The van der Waals surface area contributed by atoms with Gasteiger partial charge in [0.25, 0.3) is 0 Å². The number of hydrogen-bond donors (Lipinski definition) is 2. The van der Waals surface area contributed by atoms with Gasteiger partial charge in [0.15, 0.2) is 5.96 Å². The monoisotopic (exact) mass is 386 g/mol. The van der Waals surface area contributed by atoms with Crippen molar-refractivity contribution in [2.45, 2.75) is 32.2 Å². The Hall–Kier alpha value is -1.11. The summed E-state index contributed by atoms with van der Waals surface area (Å²) < 4.78 is 0. The number of hydrogen-bond acceptors (Lipinski definition) is 2. The van der Waals surface area contributed by atoms with Crippen LogP contribution in [0.15, 0.2) is 35.5 Å². The van der Waals surface area contributed by atoms with Crippen LogP contribution in [0.3, 0.4) is 0 Å². The number of rotatable bonds is 4. The fourth-order valence-electron chi connectivity index (χ4n) is 2.09. The van der Waals surface area contributed by atoms with Crippen molar-refractivity contribution in [3.63, 3.8) is 0 Å². The molecule has 2 rings (SSSR count). The Morgan fingerprint density at radius 1 is 1.35 bits per heavy atom. The Morgan fingerprint density at radius 2 is 2.10 bits per heavy atom. The predicted octanol–water partition coefficient (Wildman–Crippen LogP) is 2.43. The summed E-state index contributed by atoms with van der Waals surface area (Å²) >= 11 is 0. The SMILES string of the molecule is CN=C(NCCc1ccc(C)nc1)NC1CC=CC1.I. The standard InChI is InChI=1S/C15H22N4.HI/c1-12-7-8-13(11-18-12)9-10-17-15(16-2)19-14-5-3-4-6-14;/h3-4,7-8,11,14H,5-6,9-10H2,1-2H3,(H2,16,17,19);1H. The molecule has 0 unspecified atom stereocenters. The minimum absolute atomic E-state index is 0. The number of pyridine rings is 1. The molecule has 1 aromatic rings. The fourth-order valence-corrected chi connectivity index (χ4v) is 2.09. The highest BCUT2D eigenvalue weighted by atomic mass is 127. The number of halogens is 1. The zero-order valence-corrected chi connectivity index (χ0v) is 14.4. The van der Waals surface area contributed by atoms with Crippen LogP contribution >= 0.6 is 24.0 Å². The fraction of sp³-hybridized carbons (Fsp3) is 0.467. The lowest BCUT2D eigenvalue weighted by atomic mass is 10.2. The van der Waals surface area contributed by atoms with Gasteiger partial charge in [0, 0.05) is 31.5 Å². The summed E-state index contributed by atoms with van der Waals surface area (Å²) in [7, 11) is 1.81. The molecular formula is C15H23IN4. The van der Waals surface area contributed by atoms with E-state index in [0.29, 0.717) is 6.04 Å². The van der Waals surface area contributed by atoms with E-state index >= 15 is 0 Å². The molecule has 0 amide bonds. The van der Waals surface area contributed by atoms with Gasteiger partial charge in [-0.2, -0.15) is 0 Å². The van der Waals surface area contributed by atoms with Crippen molar-refractivity contribution in [1.82, 2.24) is 15.6 Å². The van der Waals surface area contributed by atoms with E-state index in [1.807, 2.05) is 26.2 Å². The highest BCUT2D eigenvalue weighted by Gasteiger charge is 2.11. The van der Waals surface area contributed by atoms with E-state index in [-0.39, 0.29) is 24.0 Å². The molecule has 0 fully saturated rings. The number of nitrogens with one attached hydrogen (secondary N) is 2. The average Bonchev–Trinajstić information content (AvgIpc) is 2.93. The van der Waals surface area contributed by atoms with Crippen molar-refractivity contribution in [2.24, 2.45) is 4.99 Å². The zero-order chi connectivity index (χ0) is 13.5. The molecule has 0 spiro atoms. The summed E-state index contributed by atoms with van der Waals surface area (Å²) in [6, 6.07) is 4.67. The Bertz CT molecular complexity index is 445. The summed E-state index contributed by atoms with van der Waals surface area (Å²) in [4.78, 5) is 8.55. The Morgan fingerprint density at radius 3 is 2.70 bits per heavy atom. The Labute approximate surface area is 138 Å². The van der Waals surface area contributed by atoms with Gasteiger partial charge in [0.05, 0.1) is 0 Å². The van der Waals surface area contributed by atoms with Crippen molar-refractivity contribution in [2.75, 3.05) is 13.6 Å². The molecule has 110 valence electrons. The van der Waals surface area contributed by atoms with Crippen LogP contribution in [0, 0.1) is 6.92 Å². The Kier molecular flexibility index (Phi) is 7.58. The number of aryl methyl sites for hydroxylation is 1. The molecule has 0 saturated carbocycles. The predicted molar refractivity (Wildman–Crippen MR) is 94.8 cm³/mol. The molecule has 0 bridgehead atoms. The summed E-state index contributed by atoms with van der Waals surface area (Å²) in [5, 5.41) is 6.76. The largest absolute Gasteiger partial charge is 0.356 e. The molecule has 1 aliphatic carbocycles. The average molecular weight is 386 g/mol. The van der Waals surface area contributed by atoms with Gasteiger partial charge in [-0.15, -0.1) is 24.0 Å². The van der Waals surface area contributed by atoms with Gasteiger partial charge in [-0.1, -0.05) is 18.2 Å². The minimum Gasteiger partial charge on any atom is -0.356 e. The van der Waals surface area contributed by atoms with Crippen LogP contribution < -0.4 is 10.6 Å². The first-order valence-corrected chi connectivity index (χ1v) is 6.81. The Balaban J connectivity index is 0.00000200. The van der Waals surface area contributed by atoms with Crippen LogP contribution in [0.2, 0.25) is 0 Å². The molecule has 1 aromatic heterocycles. The summed E-state index contributed by atoms with van der Waals surface area (Å²) in [5.41, 5.74) is 2.30. The van der Waals surface area contributed by atoms with Crippen LogP contribution in [-0.4, -0.2) is 30.6 Å². The molecule has 0 atom stereocenters. The molecule has 0 aromatic carbocycles. The first kappa shape index (κ1) is 16.9. The topological polar surface area (TPSA) is 49.3 Å². The van der Waals surface area contributed by atoms with Gasteiger partial charge >= 0.3 is 0 Å². The second kappa shape index (κ2) is 8.94. The summed E-state index contributed by atoms with van der Waals surface area (Å²) in [5.74, 6) is 0.883. The van der Waals surface area contributed by atoms with Gasteiger partial charge in [-0.05, 0) is 37.8 Å². The van der Waals surface area contributed by atoms with Gasteiger partial charge in [0.1, 0.15) is 0 Å². The van der Waals surface area contributed by atoms with Crippen molar-refractivity contribution in [3.05, 3.63) is 41.7 Å². The van der Waals surface area contributed by atoms with Crippen LogP contribution in [0.4, 0.5) is 0 Å². The van der Waals surface area contributed by atoms with Gasteiger partial charge in [-0.3, -0.25) is 9.98 Å². The van der Waals surface area contributed by atoms with Crippen LogP contribution in [-0.2, 0) is 6.42 Å². The van der Waals surface area contributed by atoms with Gasteiger partial charge < -0.3 is 10.6 Å². The van der Waals surface area contributed by atoms with Crippen molar-refractivity contribution in [1.29, 1.82) is 0 Å². The molecule has 0 saturated heterocycles. The quantitative estimate of drug-likeness (QED) is 0.362. The van der Waals surface area contributed by atoms with Crippen molar-refractivity contribution in [3.8, 4) is 0 Å². The van der Waals surface area contributed by atoms with Crippen LogP contribution in [0.5, 0.6) is 0 Å². The number of guanidine groups is 1. The van der Waals surface area contributed by atoms with E-state index in [2.05, 4.69) is 38.8 Å². The van der Waals surface area contributed by atoms with E-state index in [1.165, 1.54) is 5.56 Å². The van der Waals surface area contributed by atoms with Gasteiger partial charge in [-0.25, -0.2) is 0 Å². The molecule has 4 nitrogen and oxygen atoms in total. The first-order chi connectivity index (χ1) is 9.28. The number of nitrogens with zero attached hydrogens (tertiary/aromatic N) is 2. The number of aliphatic imine (C=N–C) groups is 1. The van der Waals surface area contributed by atoms with Crippen molar-refractivity contribution >= 4 is 29.9 Å². The van der Waals surface area contributed by atoms with Crippen LogP contribution in [0.1, 0.15) is 24.1 Å². The molecule has 5 heteroatoms. The zero-order valence-electron chi connectivity index (χ0n) is 12.1. The van der Waals surface area contributed by atoms with E-state index in [4.69, 9.17) is 0 Å². The van der Waals surface area contributed by atoms with E-state index in [0.717, 1.165) is 37.5 Å². The third kappa shape index (κ3) is 5.48. The highest BCUT2D eigenvalue weighted by molar-refractivity contribution is 14.0. The molecule has 0 aliphatic heterocycles. The lowest BCUT2D eigenvalue weighted by Crippen LogP contribution is -2.43. The summed E-state index contributed by atoms with van der Waals surface area (Å²) in [6.45, 7) is 2.87. The van der Waals surface area contributed by atoms with E-state index in [9.17, 15) is 0 Å². The van der Waals surface area contributed by atoms with E-state index in [1.54, 1.807) is 0 Å².